The lowest BCUT2D eigenvalue weighted by Crippen LogP contribution is -2.24. The van der Waals surface area contributed by atoms with E-state index in [2.05, 4.69) is 13.0 Å². The molecule has 0 spiro atoms. The van der Waals surface area contributed by atoms with Crippen LogP contribution in [0.1, 0.15) is 25.3 Å². The quantitative estimate of drug-likeness (QED) is 0.699. The third-order valence-electron chi connectivity index (χ3n) is 2.74. The van der Waals surface area contributed by atoms with Crippen LogP contribution in [0, 0.1) is 0 Å². The van der Waals surface area contributed by atoms with Crippen molar-refractivity contribution in [2.45, 2.75) is 26.2 Å². The Labute approximate surface area is 84.5 Å². The summed E-state index contributed by atoms with van der Waals surface area (Å²) in [6.45, 7) is 3.01. The van der Waals surface area contributed by atoms with Crippen LogP contribution < -0.4 is 4.90 Å². The number of carbonyl (C=O) groups is 1. The van der Waals surface area contributed by atoms with Crippen LogP contribution in [0.4, 0.5) is 5.69 Å². The van der Waals surface area contributed by atoms with Crippen LogP contribution in [0.5, 0.6) is 0 Å². The van der Waals surface area contributed by atoms with Gasteiger partial charge < -0.3 is 4.90 Å². The van der Waals surface area contributed by atoms with Crippen LogP contribution in [0.15, 0.2) is 24.3 Å². The SMILES string of the molecule is CCc1ccccc1N1CCCC1=O. The van der Waals surface area contributed by atoms with Crippen LogP contribution in [0.2, 0.25) is 0 Å². The van der Waals surface area contributed by atoms with Crippen molar-refractivity contribution in [2.24, 2.45) is 0 Å². The molecule has 2 rings (SSSR count). The first kappa shape index (κ1) is 9.25. The largest absolute Gasteiger partial charge is 0.312 e. The standard InChI is InChI=1S/C12H15NO/c1-2-10-6-3-4-7-11(10)13-9-5-8-12(13)14/h3-4,6-7H,2,5,8-9H2,1H3. The summed E-state index contributed by atoms with van der Waals surface area (Å²) in [4.78, 5) is 13.5. The highest BCUT2D eigenvalue weighted by Gasteiger charge is 2.22. The normalized spacial score (nSPS) is 16.4. The van der Waals surface area contributed by atoms with Crippen molar-refractivity contribution in [2.75, 3.05) is 11.4 Å². The minimum absolute atomic E-state index is 0.269. The van der Waals surface area contributed by atoms with Crippen LogP contribution in [0.3, 0.4) is 0 Å². The van der Waals surface area contributed by atoms with E-state index in [1.54, 1.807) is 0 Å². The van der Waals surface area contributed by atoms with Gasteiger partial charge >= 0.3 is 0 Å². The molecule has 0 aliphatic carbocycles. The van der Waals surface area contributed by atoms with Gasteiger partial charge in [-0.25, -0.2) is 0 Å². The van der Waals surface area contributed by atoms with Crippen molar-refractivity contribution in [3.8, 4) is 0 Å². The van der Waals surface area contributed by atoms with Gasteiger partial charge in [0.15, 0.2) is 0 Å². The van der Waals surface area contributed by atoms with Crippen LogP contribution >= 0.6 is 0 Å². The number of anilines is 1. The summed E-state index contributed by atoms with van der Waals surface area (Å²) in [5.41, 5.74) is 2.38. The fraction of sp³-hybridized carbons (Fsp3) is 0.417. The van der Waals surface area contributed by atoms with Gasteiger partial charge in [-0.1, -0.05) is 25.1 Å². The molecule has 74 valence electrons. The first-order chi connectivity index (χ1) is 6.83. The zero-order valence-corrected chi connectivity index (χ0v) is 8.49. The minimum Gasteiger partial charge on any atom is -0.312 e. The molecule has 1 aliphatic rings. The van der Waals surface area contributed by atoms with E-state index < -0.39 is 0 Å². The molecular weight excluding hydrogens is 174 g/mol. The molecule has 1 aromatic rings. The Bertz CT molecular complexity index is 346. The molecule has 0 N–H and O–H groups in total. The molecule has 0 atom stereocenters. The van der Waals surface area contributed by atoms with Crippen molar-refractivity contribution < 1.29 is 4.79 Å². The van der Waals surface area contributed by atoms with Gasteiger partial charge in [0.05, 0.1) is 0 Å². The zero-order chi connectivity index (χ0) is 9.97. The van der Waals surface area contributed by atoms with E-state index in [-0.39, 0.29) is 5.91 Å². The fourth-order valence-corrected chi connectivity index (χ4v) is 1.98. The zero-order valence-electron chi connectivity index (χ0n) is 8.49. The van der Waals surface area contributed by atoms with E-state index in [9.17, 15) is 4.79 Å². The van der Waals surface area contributed by atoms with Crippen LogP contribution in [0.25, 0.3) is 0 Å². The van der Waals surface area contributed by atoms with Crippen LogP contribution in [-0.2, 0) is 11.2 Å². The summed E-state index contributed by atoms with van der Waals surface area (Å²) in [6, 6.07) is 8.17. The molecule has 1 aliphatic heterocycles. The first-order valence-electron chi connectivity index (χ1n) is 5.21. The lowest BCUT2D eigenvalue weighted by molar-refractivity contribution is -0.117. The van der Waals surface area contributed by atoms with Crippen molar-refractivity contribution >= 4 is 11.6 Å². The van der Waals surface area contributed by atoms with Crippen molar-refractivity contribution in [1.29, 1.82) is 0 Å². The second kappa shape index (κ2) is 3.82. The van der Waals surface area contributed by atoms with E-state index in [1.165, 1.54) is 5.56 Å². The molecular formula is C12H15NO. The average Bonchev–Trinajstić information content (AvgIpc) is 2.64. The van der Waals surface area contributed by atoms with Gasteiger partial charge in [-0.3, -0.25) is 4.79 Å². The molecule has 1 aromatic carbocycles. The highest BCUT2D eigenvalue weighted by Crippen LogP contribution is 2.25. The first-order valence-corrected chi connectivity index (χ1v) is 5.21. The predicted molar refractivity (Wildman–Crippen MR) is 57.4 cm³/mol. The molecule has 0 radical (unpaired) electrons. The maximum atomic E-state index is 11.6. The average molecular weight is 189 g/mol. The number of benzene rings is 1. The maximum Gasteiger partial charge on any atom is 0.227 e. The molecule has 1 heterocycles. The topological polar surface area (TPSA) is 20.3 Å². The van der Waals surface area contributed by atoms with E-state index in [1.807, 2.05) is 23.1 Å². The van der Waals surface area contributed by atoms with Gasteiger partial charge in [0, 0.05) is 18.7 Å². The number of aryl methyl sites for hydroxylation is 1. The summed E-state index contributed by atoms with van der Waals surface area (Å²) < 4.78 is 0. The highest BCUT2D eigenvalue weighted by atomic mass is 16.2. The smallest absolute Gasteiger partial charge is 0.227 e. The van der Waals surface area contributed by atoms with Crippen molar-refractivity contribution in [3.05, 3.63) is 29.8 Å². The van der Waals surface area contributed by atoms with E-state index >= 15 is 0 Å². The van der Waals surface area contributed by atoms with Crippen molar-refractivity contribution in [3.63, 3.8) is 0 Å². The Hall–Kier alpha value is -1.31. The Morgan fingerprint density at radius 2 is 2.14 bits per heavy atom. The molecule has 0 bridgehead atoms. The Morgan fingerprint density at radius 3 is 2.79 bits per heavy atom. The molecule has 2 heteroatoms. The molecule has 0 unspecified atom stereocenters. The van der Waals surface area contributed by atoms with Crippen molar-refractivity contribution in [1.82, 2.24) is 0 Å². The van der Waals surface area contributed by atoms with Gasteiger partial charge in [0.1, 0.15) is 0 Å². The molecule has 0 saturated carbocycles. The van der Waals surface area contributed by atoms with Crippen LogP contribution in [-0.4, -0.2) is 12.5 Å². The third-order valence-corrected chi connectivity index (χ3v) is 2.74. The Morgan fingerprint density at radius 1 is 1.36 bits per heavy atom. The molecule has 2 nitrogen and oxygen atoms in total. The molecule has 1 amide bonds. The number of amides is 1. The lowest BCUT2D eigenvalue weighted by atomic mass is 10.1. The monoisotopic (exact) mass is 189 g/mol. The molecule has 1 fully saturated rings. The molecule has 14 heavy (non-hydrogen) atoms. The molecule has 0 aromatic heterocycles. The van der Waals surface area contributed by atoms with Gasteiger partial charge in [0.2, 0.25) is 5.91 Å². The summed E-state index contributed by atoms with van der Waals surface area (Å²) in [7, 11) is 0. The van der Waals surface area contributed by atoms with E-state index in [4.69, 9.17) is 0 Å². The summed E-state index contributed by atoms with van der Waals surface area (Å²) in [6.07, 6.45) is 2.69. The Kier molecular flexibility index (Phi) is 2.53. The van der Waals surface area contributed by atoms with E-state index in [0.29, 0.717) is 6.42 Å². The minimum atomic E-state index is 0.269. The third kappa shape index (κ3) is 1.52. The fourth-order valence-electron chi connectivity index (χ4n) is 1.98. The highest BCUT2D eigenvalue weighted by molar-refractivity contribution is 5.96. The van der Waals surface area contributed by atoms with Gasteiger partial charge in [-0.2, -0.15) is 0 Å². The van der Waals surface area contributed by atoms with Gasteiger partial charge in [-0.05, 0) is 24.5 Å². The number of hydrogen-bond donors (Lipinski definition) is 0. The number of hydrogen-bond acceptors (Lipinski definition) is 1. The molecule has 1 saturated heterocycles. The number of carbonyl (C=O) groups excluding carboxylic acids is 1. The Balaban J connectivity index is 2.35. The predicted octanol–water partition coefficient (Wildman–Crippen LogP) is 2.38. The number of nitrogens with zero attached hydrogens (tertiary/aromatic N) is 1. The van der Waals surface area contributed by atoms with Gasteiger partial charge in [-0.15, -0.1) is 0 Å². The lowest BCUT2D eigenvalue weighted by Gasteiger charge is -2.18. The second-order valence-corrected chi connectivity index (χ2v) is 3.63. The summed E-state index contributed by atoms with van der Waals surface area (Å²) in [5, 5.41) is 0. The number of para-hydroxylation sites is 1. The number of rotatable bonds is 2. The maximum absolute atomic E-state index is 11.6. The summed E-state index contributed by atoms with van der Waals surface area (Å²) >= 11 is 0. The second-order valence-electron chi connectivity index (χ2n) is 3.63. The summed E-state index contributed by atoms with van der Waals surface area (Å²) in [5.74, 6) is 0.269. The van der Waals surface area contributed by atoms with Gasteiger partial charge in [0.25, 0.3) is 0 Å². The van der Waals surface area contributed by atoms with E-state index in [0.717, 1.165) is 25.1 Å².